The van der Waals surface area contributed by atoms with Crippen LogP contribution in [0.4, 0.5) is 11.4 Å². The molecule has 4 heterocycles. The number of thiocarbonyl (C=S) groups is 1. The maximum Gasteiger partial charge on any atom is 0.174 e. The molecule has 1 N–H and O–H groups in total. The summed E-state index contributed by atoms with van der Waals surface area (Å²) in [6, 6.07) is 20.9. The number of piperidine rings is 1. The van der Waals surface area contributed by atoms with Gasteiger partial charge in [0.1, 0.15) is 17.6 Å². The molecule has 9 heteroatoms. The summed E-state index contributed by atoms with van der Waals surface area (Å²) in [4.78, 5) is 9.06. The van der Waals surface area contributed by atoms with Gasteiger partial charge >= 0.3 is 0 Å². The molecule has 2 saturated heterocycles. The Kier molecular flexibility index (Phi) is 7.47. The third-order valence-corrected chi connectivity index (χ3v) is 9.00. The first-order chi connectivity index (χ1) is 18.9. The minimum atomic E-state index is -0.308. The molecule has 0 amide bonds. The summed E-state index contributed by atoms with van der Waals surface area (Å²) >= 11 is 25.6. The number of pyridine rings is 1. The van der Waals surface area contributed by atoms with Gasteiger partial charge < -0.3 is 19.5 Å². The Morgan fingerprint density at radius 3 is 2.51 bits per heavy atom. The largest absolute Gasteiger partial charge is 0.459 e. The number of hydrogen-bond acceptors (Lipinski definition) is 4. The van der Waals surface area contributed by atoms with Crippen molar-refractivity contribution in [2.45, 2.75) is 31.8 Å². The van der Waals surface area contributed by atoms with Gasteiger partial charge in [0.2, 0.25) is 0 Å². The average molecular weight is 598 g/mol. The van der Waals surface area contributed by atoms with E-state index < -0.39 is 0 Å². The predicted octanol–water partition coefficient (Wildman–Crippen LogP) is 8.72. The van der Waals surface area contributed by atoms with Gasteiger partial charge in [0.25, 0.3) is 0 Å². The standard InChI is InChI=1S/C30H27Cl3N4OS/c1-18-12-15-36(16-13-18)24-9-8-19(17-22(24)32)37-29(28(35-30(37)39)23-7-2-3-14-34-23)26-11-10-25(38-26)20-5-4-6-21(31)27(20)33/h2-11,14,17-18,28-29H,12-13,15-16H2,1H3,(H,35,39). The van der Waals surface area contributed by atoms with Gasteiger partial charge in [-0.3, -0.25) is 4.98 Å². The van der Waals surface area contributed by atoms with E-state index in [1.165, 1.54) is 12.8 Å². The van der Waals surface area contributed by atoms with Crippen LogP contribution in [0.3, 0.4) is 0 Å². The zero-order chi connectivity index (χ0) is 27.1. The summed E-state index contributed by atoms with van der Waals surface area (Å²) in [5, 5.41) is 5.68. The topological polar surface area (TPSA) is 44.5 Å². The molecule has 5 nitrogen and oxygen atoms in total. The fourth-order valence-corrected chi connectivity index (χ4v) is 6.46. The highest BCUT2D eigenvalue weighted by Gasteiger charge is 2.43. The smallest absolute Gasteiger partial charge is 0.174 e. The number of rotatable bonds is 5. The predicted molar refractivity (Wildman–Crippen MR) is 164 cm³/mol. The number of benzene rings is 2. The molecule has 2 fully saturated rings. The average Bonchev–Trinajstić information content (AvgIpc) is 3.56. The van der Waals surface area contributed by atoms with Gasteiger partial charge in [0.15, 0.2) is 5.11 Å². The molecule has 0 bridgehead atoms. The van der Waals surface area contributed by atoms with Crippen molar-refractivity contribution in [1.82, 2.24) is 10.3 Å². The number of nitrogens with one attached hydrogen (secondary N) is 1. The van der Waals surface area contributed by atoms with Crippen LogP contribution >= 0.6 is 47.0 Å². The van der Waals surface area contributed by atoms with Gasteiger partial charge in [0, 0.05) is 30.5 Å². The number of aromatic nitrogens is 1. The molecular formula is C30H27Cl3N4OS. The van der Waals surface area contributed by atoms with Gasteiger partial charge in [-0.15, -0.1) is 0 Å². The minimum absolute atomic E-state index is 0.241. The van der Waals surface area contributed by atoms with Gasteiger partial charge in [0.05, 0.1) is 32.5 Å². The van der Waals surface area contributed by atoms with Gasteiger partial charge in [-0.2, -0.15) is 0 Å². The highest BCUT2D eigenvalue weighted by atomic mass is 35.5. The van der Waals surface area contributed by atoms with Crippen LogP contribution < -0.4 is 15.1 Å². The SMILES string of the molecule is CC1CCN(c2ccc(N3C(=S)NC(c4ccccn4)C3c3ccc(-c4cccc(Cl)c4Cl)o3)cc2Cl)CC1. The maximum absolute atomic E-state index is 6.89. The molecular weight excluding hydrogens is 571 g/mol. The molecule has 39 heavy (non-hydrogen) atoms. The Morgan fingerprint density at radius 2 is 1.77 bits per heavy atom. The molecule has 0 saturated carbocycles. The molecule has 6 rings (SSSR count). The number of hydrogen-bond donors (Lipinski definition) is 1. The van der Waals surface area contributed by atoms with E-state index in [0.29, 0.717) is 31.7 Å². The molecule has 2 aliphatic rings. The van der Waals surface area contributed by atoms with Crippen molar-refractivity contribution in [3.63, 3.8) is 0 Å². The zero-order valence-corrected chi connectivity index (χ0v) is 24.4. The second-order valence-corrected chi connectivity index (χ2v) is 11.7. The van der Waals surface area contributed by atoms with Crippen LogP contribution in [-0.4, -0.2) is 23.2 Å². The lowest BCUT2D eigenvalue weighted by atomic mass is 9.98. The van der Waals surface area contributed by atoms with Gasteiger partial charge in [-0.25, -0.2) is 0 Å². The third-order valence-electron chi connectivity index (χ3n) is 7.57. The highest BCUT2D eigenvalue weighted by molar-refractivity contribution is 7.80. The summed E-state index contributed by atoms with van der Waals surface area (Å²) in [5.74, 6) is 2.09. The lowest BCUT2D eigenvalue weighted by molar-refractivity contribution is 0.438. The first kappa shape index (κ1) is 26.5. The molecule has 2 aromatic heterocycles. The lowest BCUT2D eigenvalue weighted by Gasteiger charge is -2.33. The fraction of sp³-hybridized carbons (Fsp3) is 0.267. The molecule has 200 valence electrons. The van der Waals surface area contributed by atoms with Crippen LogP contribution in [0.25, 0.3) is 11.3 Å². The number of anilines is 2. The molecule has 4 aromatic rings. The monoisotopic (exact) mass is 596 g/mol. The Morgan fingerprint density at radius 1 is 0.949 bits per heavy atom. The molecule has 0 aliphatic carbocycles. The van der Waals surface area contributed by atoms with Crippen LogP contribution in [0.1, 0.15) is 43.3 Å². The van der Waals surface area contributed by atoms with E-state index >= 15 is 0 Å². The Bertz CT molecular complexity index is 1500. The fourth-order valence-electron chi connectivity index (χ4n) is 5.42. The summed E-state index contributed by atoms with van der Waals surface area (Å²) < 4.78 is 6.45. The van der Waals surface area contributed by atoms with Crippen molar-refractivity contribution >= 4 is 63.5 Å². The van der Waals surface area contributed by atoms with Crippen LogP contribution in [-0.2, 0) is 0 Å². The van der Waals surface area contributed by atoms with E-state index in [2.05, 4.69) is 39.2 Å². The summed E-state index contributed by atoms with van der Waals surface area (Å²) in [6.07, 6.45) is 4.12. The van der Waals surface area contributed by atoms with Crippen molar-refractivity contribution in [2.75, 3.05) is 22.9 Å². The van der Waals surface area contributed by atoms with E-state index in [9.17, 15) is 0 Å². The first-order valence-corrected chi connectivity index (χ1v) is 14.5. The van der Waals surface area contributed by atoms with Crippen LogP contribution in [0.2, 0.25) is 15.1 Å². The number of halogens is 3. The van der Waals surface area contributed by atoms with Crippen LogP contribution in [0.5, 0.6) is 0 Å². The highest BCUT2D eigenvalue weighted by Crippen LogP contribution is 2.45. The second-order valence-electron chi connectivity index (χ2n) is 10.1. The van der Waals surface area contributed by atoms with Gasteiger partial charge in [-0.05, 0) is 85.6 Å². The molecule has 2 atom stereocenters. The maximum atomic E-state index is 6.89. The van der Waals surface area contributed by atoms with E-state index in [0.717, 1.165) is 41.6 Å². The molecule has 2 aliphatic heterocycles. The van der Waals surface area contributed by atoms with Crippen LogP contribution in [0.15, 0.2) is 77.3 Å². The summed E-state index contributed by atoms with van der Waals surface area (Å²) in [7, 11) is 0. The molecule has 2 aromatic carbocycles. The minimum Gasteiger partial charge on any atom is -0.459 e. The van der Waals surface area contributed by atoms with Crippen molar-refractivity contribution in [3.05, 3.63) is 99.4 Å². The Labute approximate surface area is 248 Å². The van der Waals surface area contributed by atoms with E-state index in [1.54, 1.807) is 12.3 Å². The molecule has 0 radical (unpaired) electrons. The quantitative estimate of drug-likeness (QED) is 0.232. The third kappa shape index (κ3) is 5.11. The van der Waals surface area contributed by atoms with Gasteiger partial charge in [-0.1, -0.05) is 53.9 Å². The van der Waals surface area contributed by atoms with E-state index in [1.807, 2.05) is 48.5 Å². The van der Waals surface area contributed by atoms with Crippen molar-refractivity contribution in [1.29, 1.82) is 0 Å². The molecule has 2 unspecified atom stereocenters. The number of furan rings is 1. The van der Waals surface area contributed by atoms with Crippen molar-refractivity contribution < 1.29 is 4.42 Å². The van der Waals surface area contributed by atoms with E-state index in [-0.39, 0.29) is 12.1 Å². The Hall–Kier alpha value is -2.77. The van der Waals surface area contributed by atoms with Crippen molar-refractivity contribution in [2.24, 2.45) is 5.92 Å². The van der Waals surface area contributed by atoms with Crippen molar-refractivity contribution in [3.8, 4) is 11.3 Å². The normalized spacial score (nSPS) is 19.9. The summed E-state index contributed by atoms with van der Waals surface area (Å²) in [5.41, 5.74) is 3.53. The first-order valence-electron chi connectivity index (χ1n) is 13.0. The lowest BCUT2D eigenvalue weighted by Crippen LogP contribution is -2.33. The Balaban J connectivity index is 1.39. The van der Waals surface area contributed by atoms with Crippen LogP contribution in [0, 0.1) is 5.92 Å². The number of nitrogens with zero attached hydrogens (tertiary/aromatic N) is 3. The zero-order valence-electron chi connectivity index (χ0n) is 21.3. The summed E-state index contributed by atoms with van der Waals surface area (Å²) in [6.45, 7) is 4.33. The second kappa shape index (κ2) is 11.0. The van der Waals surface area contributed by atoms with E-state index in [4.69, 9.17) is 51.4 Å². The molecule has 0 spiro atoms.